The molecule has 3 rings (SSSR count). The molecule has 2 N–H and O–H groups in total. The molecule has 0 aromatic heterocycles. The van der Waals surface area contributed by atoms with E-state index in [1.54, 1.807) is 54.6 Å². The summed E-state index contributed by atoms with van der Waals surface area (Å²) in [6.45, 7) is 1.87. The maximum Gasteiger partial charge on any atom is 0.261 e. The third kappa shape index (κ3) is 4.37. The number of anilines is 2. The summed E-state index contributed by atoms with van der Waals surface area (Å²) in [6.07, 6.45) is 0. The third-order valence-corrected chi connectivity index (χ3v) is 5.40. The van der Waals surface area contributed by atoms with Gasteiger partial charge in [0.05, 0.1) is 16.1 Å². The lowest BCUT2D eigenvalue weighted by Crippen LogP contribution is -2.15. The highest BCUT2D eigenvalue weighted by atomic mass is 32.2. The van der Waals surface area contributed by atoms with Crippen LogP contribution in [0.5, 0.6) is 0 Å². The molecule has 140 valence electrons. The van der Waals surface area contributed by atoms with Crippen molar-refractivity contribution in [1.82, 2.24) is 0 Å². The van der Waals surface area contributed by atoms with Crippen molar-refractivity contribution >= 4 is 27.3 Å². The van der Waals surface area contributed by atoms with Crippen molar-refractivity contribution in [3.05, 3.63) is 89.5 Å². The molecule has 0 heterocycles. The summed E-state index contributed by atoms with van der Waals surface area (Å²) in [5.41, 5.74) is 2.21. The smallest absolute Gasteiger partial charge is 0.261 e. The summed E-state index contributed by atoms with van der Waals surface area (Å²) in [5.74, 6) is -0.445. The lowest BCUT2D eigenvalue weighted by atomic mass is 10.1. The largest absolute Gasteiger partial charge is 0.321 e. The lowest BCUT2D eigenvalue weighted by molar-refractivity contribution is 0.102. The topological polar surface area (TPSA) is 99.1 Å². The second-order valence-corrected chi connectivity index (χ2v) is 7.79. The second-order valence-electron chi connectivity index (χ2n) is 6.11. The zero-order chi connectivity index (χ0) is 20.1. The van der Waals surface area contributed by atoms with Gasteiger partial charge in [0.15, 0.2) is 0 Å². The fourth-order valence-corrected chi connectivity index (χ4v) is 3.59. The summed E-state index contributed by atoms with van der Waals surface area (Å²) in [6, 6.07) is 21.3. The Morgan fingerprint density at radius 2 is 1.68 bits per heavy atom. The molecule has 0 aliphatic carbocycles. The minimum atomic E-state index is -3.77. The van der Waals surface area contributed by atoms with Crippen LogP contribution in [-0.2, 0) is 10.0 Å². The summed E-state index contributed by atoms with van der Waals surface area (Å²) in [5, 5.41) is 11.8. The van der Waals surface area contributed by atoms with Gasteiger partial charge in [-0.05, 0) is 49.4 Å². The van der Waals surface area contributed by atoms with Crippen LogP contribution < -0.4 is 10.0 Å². The number of hydrogen-bond donors (Lipinski definition) is 2. The molecule has 0 aliphatic rings. The molecule has 0 unspecified atom stereocenters. The zero-order valence-corrected chi connectivity index (χ0v) is 15.8. The number of carbonyl (C=O) groups is 1. The molecule has 0 radical (unpaired) electrons. The van der Waals surface area contributed by atoms with Gasteiger partial charge in [0, 0.05) is 11.3 Å². The van der Waals surface area contributed by atoms with E-state index in [1.165, 1.54) is 18.2 Å². The summed E-state index contributed by atoms with van der Waals surface area (Å²) >= 11 is 0. The first kappa shape index (κ1) is 19.1. The first-order valence-electron chi connectivity index (χ1n) is 8.39. The Morgan fingerprint density at radius 1 is 0.964 bits per heavy atom. The Labute approximate surface area is 163 Å². The maximum absolute atomic E-state index is 12.5. The molecule has 28 heavy (non-hydrogen) atoms. The van der Waals surface area contributed by atoms with Crippen LogP contribution in [-0.4, -0.2) is 14.3 Å². The molecule has 0 spiro atoms. The Kier molecular flexibility index (Phi) is 5.43. The van der Waals surface area contributed by atoms with Crippen molar-refractivity contribution in [2.24, 2.45) is 0 Å². The molecule has 0 fully saturated rings. The Balaban J connectivity index is 1.81. The van der Waals surface area contributed by atoms with Gasteiger partial charge in [-0.25, -0.2) is 8.42 Å². The number of sulfonamides is 1. The highest BCUT2D eigenvalue weighted by Gasteiger charge is 2.15. The fraction of sp³-hybridized carbons (Fsp3) is 0.0476. The van der Waals surface area contributed by atoms with Crippen molar-refractivity contribution in [2.75, 3.05) is 10.0 Å². The SMILES string of the molecule is Cc1ccc(S(=O)(=O)Nc2cccc(C(=O)Nc3ccccc3C#N)c2)cc1. The second kappa shape index (κ2) is 7.94. The normalized spacial score (nSPS) is 10.7. The third-order valence-electron chi connectivity index (χ3n) is 4.00. The van der Waals surface area contributed by atoms with Gasteiger partial charge in [-0.1, -0.05) is 35.9 Å². The lowest BCUT2D eigenvalue weighted by Gasteiger charge is -2.11. The number of rotatable bonds is 5. The van der Waals surface area contributed by atoms with Gasteiger partial charge in [-0.3, -0.25) is 9.52 Å². The van der Waals surface area contributed by atoms with Crippen LogP contribution in [0.4, 0.5) is 11.4 Å². The molecule has 0 atom stereocenters. The van der Waals surface area contributed by atoms with Crippen LogP contribution in [0, 0.1) is 18.3 Å². The average molecular weight is 391 g/mol. The number of hydrogen-bond acceptors (Lipinski definition) is 4. The Morgan fingerprint density at radius 3 is 2.39 bits per heavy atom. The first-order valence-corrected chi connectivity index (χ1v) is 9.87. The van der Waals surface area contributed by atoms with Gasteiger partial charge in [-0.2, -0.15) is 5.26 Å². The molecule has 0 aliphatic heterocycles. The molecule has 1 amide bonds. The molecule has 3 aromatic rings. The molecular weight excluding hydrogens is 374 g/mol. The molecule has 7 heteroatoms. The number of nitrogens with one attached hydrogen (secondary N) is 2. The quantitative estimate of drug-likeness (QED) is 0.688. The summed E-state index contributed by atoms with van der Waals surface area (Å²) < 4.78 is 27.5. The Hall–Kier alpha value is -3.63. The number of nitrogens with zero attached hydrogens (tertiary/aromatic N) is 1. The first-order chi connectivity index (χ1) is 13.4. The van der Waals surface area contributed by atoms with E-state index in [9.17, 15) is 13.2 Å². The van der Waals surface area contributed by atoms with Crippen molar-refractivity contribution in [3.63, 3.8) is 0 Å². The number of benzene rings is 3. The average Bonchev–Trinajstić information content (AvgIpc) is 2.68. The number of carbonyl (C=O) groups excluding carboxylic acids is 1. The fourth-order valence-electron chi connectivity index (χ4n) is 2.54. The van der Waals surface area contributed by atoms with Gasteiger partial charge >= 0.3 is 0 Å². The monoisotopic (exact) mass is 391 g/mol. The molecule has 0 bridgehead atoms. The molecule has 3 aromatic carbocycles. The van der Waals surface area contributed by atoms with E-state index in [-0.39, 0.29) is 16.1 Å². The van der Waals surface area contributed by atoms with E-state index in [4.69, 9.17) is 5.26 Å². The molecule has 6 nitrogen and oxygen atoms in total. The van der Waals surface area contributed by atoms with Crippen LogP contribution in [0.25, 0.3) is 0 Å². The van der Waals surface area contributed by atoms with E-state index in [1.807, 2.05) is 13.0 Å². The maximum atomic E-state index is 12.5. The van der Waals surface area contributed by atoms with Crippen molar-refractivity contribution in [2.45, 2.75) is 11.8 Å². The van der Waals surface area contributed by atoms with Crippen LogP contribution >= 0.6 is 0 Å². The molecule has 0 saturated heterocycles. The highest BCUT2D eigenvalue weighted by molar-refractivity contribution is 7.92. The van der Waals surface area contributed by atoms with Crippen LogP contribution in [0.15, 0.2) is 77.7 Å². The van der Waals surface area contributed by atoms with Gasteiger partial charge < -0.3 is 5.32 Å². The highest BCUT2D eigenvalue weighted by Crippen LogP contribution is 2.19. The van der Waals surface area contributed by atoms with Gasteiger partial charge in [0.25, 0.3) is 15.9 Å². The minimum Gasteiger partial charge on any atom is -0.321 e. The van der Waals surface area contributed by atoms with Crippen LogP contribution in [0.3, 0.4) is 0 Å². The standard InChI is InChI=1S/C21H17N3O3S/c1-15-9-11-19(12-10-15)28(26,27)24-18-7-4-6-16(13-18)21(25)23-20-8-3-2-5-17(20)14-22/h2-13,24H,1H3,(H,23,25). The van der Waals surface area contributed by atoms with Gasteiger partial charge in [-0.15, -0.1) is 0 Å². The predicted molar refractivity (Wildman–Crippen MR) is 108 cm³/mol. The zero-order valence-electron chi connectivity index (χ0n) is 15.0. The number of para-hydroxylation sites is 1. The van der Waals surface area contributed by atoms with E-state index in [0.717, 1.165) is 5.56 Å². The van der Waals surface area contributed by atoms with E-state index < -0.39 is 15.9 Å². The molecule has 0 saturated carbocycles. The molecular formula is C21H17N3O3S. The number of aryl methyl sites for hydroxylation is 1. The van der Waals surface area contributed by atoms with Crippen molar-refractivity contribution < 1.29 is 13.2 Å². The van der Waals surface area contributed by atoms with Gasteiger partial charge in [0.2, 0.25) is 0 Å². The minimum absolute atomic E-state index is 0.135. The predicted octanol–water partition coefficient (Wildman–Crippen LogP) is 3.92. The summed E-state index contributed by atoms with van der Waals surface area (Å²) in [7, 11) is -3.77. The van der Waals surface area contributed by atoms with Crippen molar-refractivity contribution in [3.8, 4) is 6.07 Å². The van der Waals surface area contributed by atoms with E-state index >= 15 is 0 Å². The number of amides is 1. The van der Waals surface area contributed by atoms with Crippen molar-refractivity contribution in [1.29, 1.82) is 5.26 Å². The van der Waals surface area contributed by atoms with E-state index in [0.29, 0.717) is 11.3 Å². The summed E-state index contributed by atoms with van der Waals surface area (Å²) in [4.78, 5) is 12.6. The van der Waals surface area contributed by atoms with Crippen LogP contribution in [0.1, 0.15) is 21.5 Å². The Bertz CT molecular complexity index is 1160. The van der Waals surface area contributed by atoms with E-state index in [2.05, 4.69) is 10.0 Å². The van der Waals surface area contributed by atoms with Gasteiger partial charge in [0.1, 0.15) is 6.07 Å². The number of nitriles is 1. The van der Waals surface area contributed by atoms with Crippen LogP contribution in [0.2, 0.25) is 0 Å².